The molecule has 0 unspecified atom stereocenters. The molecule has 0 spiro atoms. The quantitative estimate of drug-likeness (QED) is 0.522. The summed E-state index contributed by atoms with van der Waals surface area (Å²) in [5.74, 6) is -5.76. The van der Waals surface area contributed by atoms with Crippen molar-refractivity contribution in [2.24, 2.45) is 11.3 Å². The smallest absolute Gasteiger partial charge is 0.373 e. The Bertz CT molecular complexity index is 333. The average Bonchev–Trinajstić information content (AvgIpc) is 1.99. The standard InChI is InChI=1S/C10H12O5/c1-10(2)3-5(11)7(6(12)4-10)8(13)9(14)15/h7H,3-4H2,1-2H3,(H,14,15). The van der Waals surface area contributed by atoms with E-state index in [1.165, 1.54) is 0 Å². The van der Waals surface area contributed by atoms with E-state index in [1.807, 2.05) is 0 Å². The molecule has 0 saturated heterocycles. The van der Waals surface area contributed by atoms with E-state index in [4.69, 9.17) is 5.11 Å². The summed E-state index contributed by atoms with van der Waals surface area (Å²) in [6.45, 7) is 3.48. The van der Waals surface area contributed by atoms with Gasteiger partial charge in [-0.25, -0.2) is 4.79 Å². The van der Waals surface area contributed by atoms with Crippen molar-refractivity contribution in [3.05, 3.63) is 0 Å². The fourth-order valence-electron chi connectivity index (χ4n) is 1.81. The second kappa shape index (κ2) is 3.56. The van der Waals surface area contributed by atoms with Gasteiger partial charge >= 0.3 is 5.97 Å². The maximum absolute atomic E-state index is 11.5. The summed E-state index contributed by atoms with van der Waals surface area (Å²) in [4.78, 5) is 44.4. The van der Waals surface area contributed by atoms with Crippen LogP contribution >= 0.6 is 0 Å². The van der Waals surface area contributed by atoms with Crippen LogP contribution in [0.3, 0.4) is 0 Å². The molecule has 15 heavy (non-hydrogen) atoms. The highest BCUT2D eigenvalue weighted by Gasteiger charge is 2.45. The molecular weight excluding hydrogens is 200 g/mol. The van der Waals surface area contributed by atoms with Crippen LogP contribution in [-0.2, 0) is 19.2 Å². The fourth-order valence-corrected chi connectivity index (χ4v) is 1.81. The third-order valence-electron chi connectivity index (χ3n) is 2.42. The largest absolute Gasteiger partial charge is 0.475 e. The minimum atomic E-state index is -1.72. The first-order valence-corrected chi connectivity index (χ1v) is 4.57. The summed E-state index contributed by atoms with van der Waals surface area (Å²) in [6, 6.07) is 0. The number of carboxylic acid groups (broad SMARTS) is 1. The van der Waals surface area contributed by atoms with E-state index in [2.05, 4.69) is 0 Å². The first-order chi connectivity index (χ1) is 6.74. The summed E-state index contributed by atoms with van der Waals surface area (Å²) < 4.78 is 0. The number of carbonyl (C=O) groups excluding carboxylic acids is 3. The third-order valence-corrected chi connectivity index (χ3v) is 2.42. The Morgan fingerprint density at radius 1 is 1.20 bits per heavy atom. The van der Waals surface area contributed by atoms with Gasteiger partial charge in [-0.3, -0.25) is 14.4 Å². The topological polar surface area (TPSA) is 88.5 Å². The summed E-state index contributed by atoms with van der Waals surface area (Å²) in [5, 5.41) is 8.45. The minimum absolute atomic E-state index is 0.0719. The van der Waals surface area contributed by atoms with Gasteiger partial charge < -0.3 is 5.11 Å². The number of carboxylic acids is 1. The lowest BCUT2D eigenvalue weighted by atomic mass is 9.70. The molecule has 5 nitrogen and oxygen atoms in total. The zero-order chi connectivity index (χ0) is 11.8. The highest BCUT2D eigenvalue weighted by molar-refractivity contribution is 6.43. The van der Waals surface area contributed by atoms with Crippen LogP contribution in [0.25, 0.3) is 0 Å². The van der Waals surface area contributed by atoms with Gasteiger partial charge in [-0.05, 0) is 5.41 Å². The number of aliphatic carboxylic acids is 1. The molecule has 0 aromatic rings. The van der Waals surface area contributed by atoms with Crippen molar-refractivity contribution in [1.29, 1.82) is 0 Å². The molecule has 0 aromatic carbocycles. The monoisotopic (exact) mass is 212 g/mol. The SMILES string of the molecule is CC1(C)CC(=O)C(C(=O)C(=O)O)C(=O)C1. The minimum Gasteiger partial charge on any atom is -0.475 e. The van der Waals surface area contributed by atoms with Gasteiger partial charge in [-0.2, -0.15) is 0 Å². The predicted octanol–water partition coefficient (Wildman–Crippen LogP) is 0.214. The lowest BCUT2D eigenvalue weighted by Crippen LogP contribution is -2.44. The molecule has 5 heteroatoms. The molecule has 0 atom stereocenters. The molecule has 0 aromatic heterocycles. The van der Waals surface area contributed by atoms with E-state index in [0.717, 1.165) is 0 Å². The molecule has 0 amide bonds. The van der Waals surface area contributed by atoms with Crippen LogP contribution in [0, 0.1) is 11.3 Å². The molecule has 1 aliphatic rings. The van der Waals surface area contributed by atoms with Gasteiger partial charge in [0.15, 0.2) is 11.6 Å². The van der Waals surface area contributed by atoms with Crippen LogP contribution in [0.5, 0.6) is 0 Å². The molecule has 1 rings (SSSR count). The van der Waals surface area contributed by atoms with E-state index in [0.29, 0.717) is 0 Å². The van der Waals surface area contributed by atoms with Crippen molar-refractivity contribution in [3.63, 3.8) is 0 Å². The Balaban J connectivity index is 2.94. The lowest BCUT2D eigenvalue weighted by Gasteiger charge is -2.30. The number of ketones is 3. The van der Waals surface area contributed by atoms with Crippen molar-refractivity contribution >= 4 is 23.3 Å². The molecule has 0 bridgehead atoms. The molecular formula is C10H12O5. The van der Waals surface area contributed by atoms with Crippen LogP contribution in [0.2, 0.25) is 0 Å². The van der Waals surface area contributed by atoms with Crippen LogP contribution in [0.4, 0.5) is 0 Å². The van der Waals surface area contributed by atoms with Crippen molar-refractivity contribution in [2.45, 2.75) is 26.7 Å². The molecule has 1 saturated carbocycles. The Hall–Kier alpha value is -1.52. The Labute approximate surface area is 86.5 Å². The molecule has 1 N–H and O–H groups in total. The van der Waals surface area contributed by atoms with Gasteiger partial charge in [0, 0.05) is 12.8 Å². The summed E-state index contributed by atoms with van der Waals surface area (Å²) in [5.41, 5.74) is -0.469. The highest BCUT2D eigenvalue weighted by atomic mass is 16.4. The molecule has 0 aliphatic heterocycles. The van der Waals surface area contributed by atoms with Crippen molar-refractivity contribution in [2.75, 3.05) is 0 Å². The Kier molecular flexibility index (Phi) is 2.75. The van der Waals surface area contributed by atoms with E-state index < -0.39 is 34.7 Å². The fraction of sp³-hybridized carbons (Fsp3) is 0.600. The van der Waals surface area contributed by atoms with E-state index in [-0.39, 0.29) is 12.8 Å². The van der Waals surface area contributed by atoms with Crippen molar-refractivity contribution in [3.8, 4) is 0 Å². The van der Waals surface area contributed by atoms with Crippen LogP contribution in [-0.4, -0.2) is 28.4 Å². The second-order valence-electron chi connectivity index (χ2n) is 4.55. The van der Waals surface area contributed by atoms with Crippen molar-refractivity contribution < 1.29 is 24.3 Å². The normalized spacial score (nSPS) is 21.5. The van der Waals surface area contributed by atoms with E-state index in [1.54, 1.807) is 13.8 Å². The van der Waals surface area contributed by atoms with E-state index in [9.17, 15) is 19.2 Å². The Morgan fingerprint density at radius 3 is 1.93 bits per heavy atom. The first-order valence-electron chi connectivity index (χ1n) is 4.57. The number of rotatable bonds is 2. The van der Waals surface area contributed by atoms with Crippen LogP contribution in [0.1, 0.15) is 26.7 Å². The highest BCUT2D eigenvalue weighted by Crippen LogP contribution is 2.34. The van der Waals surface area contributed by atoms with Gasteiger partial charge in [0.2, 0.25) is 0 Å². The summed E-state index contributed by atoms with van der Waals surface area (Å²) in [7, 11) is 0. The Morgan fingerprint density at radius 2 is 1.60 bits per heavy atom. The number of hydrogen-bond donors (Lipinski definition) is 1. The zero-order valence-electron chi connectivity index (χ0n) is 8.57. The average molecular weight is 212 g/mol. The van der Waals surface area contributed by atoms with Gasteiger partial charge in [-0.15, -0.1) is 0 Å². The van der Waals surface area contributed by atoms with Gasteiger partial charge in [0.05, 0.1) is 0 Å². The molecule has 82 valence electrons. The number of carbonyl (C=O) groups is 4. The molecule has 0 radical (unpaired) electrons. The molecule has 1 aliphatic carbocycles. The number of Topliss-reactive ketones (excluding diaryl/α,β-unsaturated/α-hetero) is 3. The van der Waals surface area contributed by atoms with Gasteiger partial charge in [0.25, 0.3) is 5.78 Å². The van der Waals surface area contributed by atoms with Gasteiger partial charge in [-0.1, -0.05) is 13.8 Å². The molecule has 1 fully saturated rings. The lowest BCUT2D eigenvalue weighted by molar-refractivity contribution is -0.157. The maximum atomic E-state index is 11.5. The van der Waals surface area contributed by atoms with E-state index >= 15 is 0 Å². The van der Waals surface area contributed by atoms with Crippen molar-refractivity contribution in [1.82, 2.24) is 0 Å². The second-order valence-corrected chi connectivity index (χ2v) is 4.55. The predicted molar refractivity (Wildman–Crippen MR) is 49.2 cm³/mol. The van der Waals surface area contributed by atoms with Gasteiger partial charge in [0.1, 0.15) is 5.92 Å². The summed E-state index contributed by atoms with van der Waals surface area (Å²) >= 11 is 0. The maximum Gasteiger partial charge on any atom is 0.373 e. The first kappa shape index (κ1) is 11.6. The van der Waals surface area contributed by atoms with Crippen LogP contribution in [0.15, 0.2) is 0 Å². The third kappa shape index (κ3) is 2.29. The number of hydrogen-bond acceptors (Lipinski definition) is 4. The molecule has 0 heterocycles. The zero-order valence-corrected chi connectivity index (χ0v) is 8.57. The summed E-state index contributed by atoms with van der Waals surface area (Å²) in [6.07, 6.45) is 0.144. The van der Waals surface area contributed by atoms with Crippen LogP contribution < -0.4 is 0 Å².